The lowest BCUT2D eigenvalue weighted by Gasteiger charge is -2.05. The molecule has 0 radical (unpaired) electrons. The first-order valence-corrected chi connectivity index (χ1v) is 7.48. The molecule has 0 aliphatic rings. The van der Waals surface area contributed by atoms with Crippen LogP contribution in [-0.2, 0) is 0 Å². The van der Waals surface area contributed by atoms with Crippen molar-refractivity contribution in [1.82, 2.24) is 20.0 Å². The number of methoxy groups -OCH3 is 1. The van der Waals surface area contributed by atoms with Crippen molar-refractivity contribution >= 4 is 17.3 Å². The Morgan fingerprint density at radius 1 is 1.31 bits per heavy atom. The van der Waals surface area contributed by atoms with E-state index in [2.05, 4.69) is 20.6 Å². The number of carbonyl (C=O) groups is 1. The van der Waals surface area contributed by atoms with Crippen LogP contribution < -0.4 is 10.1 Å². The summed E-state index contributed by atoms with van der Waals surface area (Å²) in [6.45, 7) is 1.65. The number of benzene rings is 1. The molecule has 0 aliphatic heterocycles. The van der Waals surface area contributed by atoms with Gasteiger partial charge in [-0.3, -0.25) is 14.9 Å². The minimum Gasteiger partial charge on any atom is -0.481 e. The first-order chi connectivity index (χ1) is 12.5. The smallest absolute Gasteiger partial charge is 0.278 e. The van der Waals surface area contributed by atoms with Crippen LogP contribution in [0.4, 0.5) is 11.4 Å². The summed E-state index contributed by atoms with van der Waals surface area (Å²) >= 11 is 0. The summed E-state index contributed by atoms with van der Waals surface area (Å²) in [6.07, 6.45) is 1.46. The van der Waals surface area contributed by atoms with Gasteiger partial charge in [-0.05, 0) is 19.1 Å². The number of pyridine rings is 1. The summed E-state index contributed by atoms with van der Waals surface area (Å²) < 4.78 is 6.33. The molecule has 0 bridgehead atoms. The second-order valence-corrected chi connectivity index (χ2v) is 5.26. The number of amides is 1. The molecule has 1 N–H and O–H groups in total. The van der Waals surface area contributed by atoms with Crippen molar-refractivity contribution < 1.29 is 14.5 Å². The van der Waals surface area contributed by atoms with Gasteiger partial charge in [-0.15, -0.1) is 5.10 Å². The van der Waals surface area contributed by atoms with E-state index in [-0.39, 0.29) is 11.4 Å². The quantitative estimate of drug-likeness (QED) is 0.549. The maximum atomic E-state index is 12.4. The Kier molecular flexibility index (Phi) is 4.56. The van der Waals surface area contributed by atoms with Gasteiger partial charge >= 0.3 is 0 Å². The van der Waals surface area contributed by atoms with E-state index in [0.29, 0.717) is 22.9 Å². The average Bonchev–Trinajstić information content (AvgIpc) is 3.04. The van der Waals surface area contributed by atoms with Crippen molar-refractivity contribution in [2.45, 2.75) is 6.92 Å². The van der Waals surface area contributed by atoms with Crippen molar-refractivity contribution in [2.75, 3.05) is 12.4 Å². The van der Waals surface area contributed by atoms with Crippen LogP contribution in [0.15, 0.2) is 42.6 Å². The molecule has 2 aromatic heterocycles. The van der Waals surface area contributed by atoms with E-state index in [1.165, 1.54) is 36.2 Å². The number of hydrogen-bond donors (Lipinski definition) is 1. The molecule has 0 fully saturated rings. The van der Waals surface area contributed by atoms with E-state index >= 15 is 0 Å². The van der Waals surface area contributed by atoms with Crippen molar-refractivity contribution in [3.8, 4) is 11.6 Å². The second kappa shape index (κ2) is 6.97. The normalized spacial score (nSPS) is 10.4. The number of hydrogen-bond acceptors (Lipinski definition) is 7. The number of nitrogens with zero attached hydrogens (tertiary/aromatic N) is 5. The lowest BCUT2D eigenvalue weighted by molar-refractivity contribution is -0.384. The van der Waals surface area contributed by atoms with Crippen LogP contribution in [-0.4, -0.2) is 37.9 Å². The second-order valence-electron chi connectivity index (χ2n) is 5.26. The number of carbonyl (C=O) groups excluding carboxylic acids is 1. The third-order valence-electron chi connectivity index (χ3n) is 3.60. The Morgan fingerprint density at radius 3 is 2.77 bits per heavy atom. The van der Waals surface area contributed by atoms with Crippen LogP contribution in [0.1, 0.15) is 16.2 Å². The molecular weight excluding hydrogens is 340 g/mol. The van der Waals surface area contributed by atoms with Gasteiger partial charge in [0.25, 0.3) is 11.6 Å². The molecule has 0 saturated heterocycles. The topological polar surface area (TPSA) is 125 Å². The van der Waals surface area contributed by atoms with E-state index in [4.69, 9.17) is 4.74 Å². The van der Waals surface area contributed by atoms with Crippen LogP contribution in [0.25, 0.3) is 5.69 Å². The number of aromatic nitrogens is 4. The van der Waals surface area contributed by atoms with Gasteiger partial charge < -0.3 is 10.1 Å². The molecule has 10 nitrogen and oxygen atoms in total. The zero-order valence-electron chi connectivity index (χ0n) is 13.9. The molecule has 2 heterocycles. The Bertz CT molecular complexity index is 967. The first kappa shape index (κ1) is 17.0. The molecule has 1 amide bonds. The minimum atomic E-state index is -0.500. The minimum absolute atomic E-state index is 0.0762. The van der Waals surface area contributed by atoms with Crippen LogP contribution in [0, 0.1) is 17.0 Å². The highest BCUT2D eigenvalue weighted by atomic mass is 16.6. The van der Waals surface area contributed by atoms with Crippen molar-refractivity contribution in [3.63, 3.8) is 0 Å². The summed E-state index contributed by atoms with van der Waals surface area (Å²) in [5.74, 6) is -0.0399. The maximum Gasteiger partial charge on any atom is 0.278 e. The van der Waals surface area contributed by atoms with Crippen LogP contribution in [0.5, 0.6) is 5.88 Å². The molecule has 0 spiro atoms. The number of ether oxygens (including phenoxy) is 1. The van der Waals surface area contributed by atoms with E-state index < -0.39 is 10.8 Å². The van der Waals surface area contributed by atoms with Gasteiger partial charge in [0, 0.05) is 18.2 Å². The fraction of sp³-hybridized carbons (Fsp3) is 0.125. The van der Waals surface area contributed by atoms with E-state index in [1.54, 1.807) is 25.1 Å². The van der Waals surface area contributed by atoms with Crippen molar-refractivity contribution in [2.24, 2.45) is 0 Å². The number of anilines is 1. The third kappa shape index (κ3) is 3.34. The molecule has 0 unspecified atom stereocenters. The largest absolute Gasteiger partial charge is 0.481 e. The lowest BCUT2D eigenvalue weighted by Crippen LogP contribution is -2.14. The molecule has 3 aromatic rings. The van der Waals surface area contributed by atoms with Gasteiger partial charge in [0.05, 0.1) is 35.3 Å². The van der Waals surface area contributed by atoms with Gasteiger partial charge in [0.2, 0.25) is 5.88 Å². The molecule has 0 aliphatic carbocycles. The summed E-state index contributed by atoms with van der Waals surface area (Å²) in [6, 6.07) is 9.17. The van der Waals surface area contributed by atoms with E-state index in [9.17, 15) is 14.9 Å². The Labute approximate surface area is 147 Å². The SMILES string of the molecule is COc1ccc(NC(=O)c2nnn(-c3cccc([N+](=O)[O-])c3)c2C)cn1. The highest BCUT2D eigenvalue weighted by Crippen LogP contribution is 2.19. The van der Waals surface area contributed by atoms with Gasteiger partial charge in [0.15, 0.2) is 5.69 Å². The Hall–Kier alpha value is -3.82. The number of rotatable bonds is 5. The maximum absolute atomic E-state index is 12.4. The number of nitro benzene ring substituents is 1. The van der Waals surface area contributed by atoms with Crippen molar-refractivity contribution in [3.05, 3.63) is 64.1 Å². The molecule has 10 heteroatoms. The number of nitro groups is 1. The fourth-order valence-corrected chi connectivity index (χ4v) is 2.29. The standard InChI is InChI=1S/C16H14N6O4/c1-10-15(16(23)18-11-6-7-14(26-2)17-9-11)19-20-21(10)12-4-3-5-13(8-12)22(24)25/h3-9H,1-2H3,(H,18,23). The number of non-ortho nitro benzene ring substituents is 1. The van der Waals surface area contributed by atoms with Gasteiger partial charge in [-0.1, -0.05) is 11.3 Å². The monoisotopic (exact) mass is 354 g/mol. The Balaban J connectivity index is 1.85. The summed E-state index contributed by atoms with van der Waals surface area (Å²) in [4.78, 5) is 26.8. The summed E-state index contributed by atoms with van der Waals surface area (Å²) in [5, 5.41) is 21.4. The van der Waals surface area contributed by atoms with Crippen LogP contribution in [0.3, 0.4) is 0 Å². The molecular formula is C16H14N6O4. The fourth-order valence-electron chi connectivity index (χ4n) is 2.29. The molecule has 3 rings (SSSR count). The number of nitrogens with one attached hydrogen (secondary N) is 1. The highest BCUT2D eigenvalue weighted by Gasteiger charge is 2.18. The van der Waals surface area contributed by atoms with Gasteiger partial charge in [-0.25, -0.2) is 9.67 Å². The lowest BCUT2D eigenvalue weighted by atomic mass is 10.2. The van der Waals surface area contributed by atoms with Crippen LogP contribution in [0.2, 0.25) is 0 Å². The average molecular weight is 354 g/mol. The Morgan fingerprint density at radius 2 is 2.12 bits per heavy atom. The predicted molar refractivity (Wildman–Crippen MR) is 91.5 cm³/mol. The molecule has 1 aromatic carbocycles. The predicted octanol–water partition coefficient (Wildman–Crippen LogP) is 2.14. The first-order valence-electron chi connectivity index (χ1n) is 7.48. The molecule has 132 valence electrons. The van der Waals surface area contributed by atoms with Gasteiger partial charge in [-0.2, -0.15) is 0 Å². The zero-order valence-corrected chi connectivity index (χ0v) is 13.9. The highest BCUT2D eigenvalue weighted by molar-refractivity contribution is 6.03. The summed E-state index contributed by atoms with van der Waals surface area (Å²) in [7, 11) is 1.50. The van der Waals surface area contributed by atoms with E-state index in [0.717, 1.165) is 0 Å². The molecule has 0 saturated carbocycles. The van der Waals surface area contributed by atoms with Crippen LogP contribution >= 0.6 is 0 Å². The van der Waals surface area contributed by atoms with E-state index in [1.807, 2.05) is 0 Å². The molecule has 0 atom stereocenters. The van der Waals surface area contributed by atoms with Gasteiger partial charge in [0.1, 0.15) is 0 Å². The summed E-state index contributed by atoms with van der Waals surface area (Å²) in [5.41, 5.74) is 1.39. The molecule has 26 heavy (non-hydrogen) atoms. The van der Waals surface area contributed by atoms with Crippen molar-refractivity contribution in [1.29, 1.82) is 0 Å². The third-order valence-corrected chi connectivity index (χ3v) is 3.60. The zero-order chi connectivity index (χ0) is 18.7.